The van der Waals surface area contributed by atoms with Gasteiger partial charge in [0, 0.05) is 39.8 Å². The molecule has 1 fully saturated rings. The normalized spacial score (nSPS) is 14.5. The summed E-state index contributed by atoms with van der Waals surface area (Å²) in [6, 6.07) is 17.7. The number of nitrogens with one attached hydrogen (secondary N) is 1. The molecule has 1 aliphatic heterocycles. The number of nitrogens with zero attached hydrogens (tertiary/aromatic N) is 3. The molecule has 0 aliphatic carbocycles. The number of aliphatic imine (C=N–C) groups is 1. The first-order valence-electron chi connectivity index (χ1n) is 9.38. The Morgan fingerprint density at radius 1 is 1.04 bits per heavy atom. The third-order valence-corrected chi connectivity index (χ3v) is 4.65. The number of ether oxygens (including phenoxy) is 1. The molecule has 2 aromatic carbocycles. The molecule has 1 saturated heterocycles. The van der Waals surface area contributed by atoms with Crippen molar-refractivity contribution >= 4 is 35.6 Å². The van der Waals surface area contributed by atoms with E-state index in [1.165, 1.54) is 5.56 Å². The van der Waals surface area contributed by atoms with Crippen molar-refractivity contribution in [1.82, 2.24) is 10.2 Å². The molecular formula is C21H29IN4O2. The number of anilines is 1. The zero-order chi connectivity index (χ0) is 18.9. The molecular weight excluding hydrogens is 467 g/mol. The van der Waals surface area contributed by atoms with E-state index in [2.05, 4.69) is 32.2 Å². The average Bonchev–Trinajstić information content (AvgIpc) is 2.72. The molecule has 0 spiro atoms. The van der Waals surface area contributed by atoms with Gasteiger partial charge in [0.2, 0.25) is 0 Å². The van der Waals surface area contributed by atoms with E-state index in [9.17, 15) is 5.11 Å². The Balaban J connectivity index is 0.00000280. The summed E-state index contributed by atoms with van der Waals surface area (Å²) in [5, 5.41) is 13.4. The van der Waals surface area contributed by atoms with Gasteiger partial charge in [0.05, 0.1) is 18.9 Å². The number of rotatable bonds is 6. The predicted octanol–water partition coefficient (Wildman–Crippen LogP) is 2.92. The number of hydrogen-bond donors (Lipinski definition) is 2. The number of phenols is 1. The fourth-order valence-electron chi connectivity index (χ4n) is 3.22. The van der Waals surface area contributed by atoms with Gasteiger partial charge in [-0.25, -0.2) is 0 Å². The van der Waals surface area contributed by atoms with Crippen LogP contribution < -0.4 is 10.2 Å². The molecule has 0 radical (unpaired) electrons. The molecule has 1 heterocycles. The van der Waals surface area contributed by atoms with Crippen LogP contribution in [0, 0.1) is 0 Å². The standard InChI is InChI=1S/C21H28N4O2.HI/c1-22-21(23-11-16-27-17-18-7-3-2-4-8-18)25-14-12-24(13-15-25)19-9-5-6-10-20(19)26;/h2-10,26H,11-17H2,1H3,(H,22,23);1H. The molecule has 0 bridgehead atoms. The van der Waals surface area contributed by atoms with Gasteiger partial charge in [-0.3, -0.25) is 4.99 Å². The summed E-state index contributed by atoms with van der Waals surface area (Å²) in [6.07, 6.45) is 0. The topological polar surface area (TPSA) is 60.3 Å². The first-order chi connectivity index (χ1) is 13.3. The van der Waals surface area contributed by atoms with Crippen LogP contribution >= 0.6 is 24.0 Å². The number of phenolic OH excluding ortho intramolecular Hbond substituents is 1. The van der Waals surface area contributed by atoms with Crippen LogP contribution in [0.1, 0.15) is 5.56 Å². The molecule has 7 heteroatoms. The number of guanidine groups is 1. The van der Waals surface area contributed by atoms with Crippen molar-refractivity contribution in [2.24, 2.45) is 4.99 Å². The number of aromatic hydroxyl groups is 1. The second-order valence-electron chi connectivity index (χ2n) is 6.47. The Labute approximate surface area is 184 Å². The quantitative estimate of drug-likeness (QED) is 0.279. The largest absolute Gasteiger partial charge is 0.506 e. The summed E-state index contributed by atoms with van der Waals surface area (Å²) in [5.41, 5.74) is 2.08. The molecule has 0 atom stereocenters. The van der Waals surface area contributed by atoms with Gasteiger partial charge in [-0.2, -0.15) is 0 Å². The Morgan fingerprint density at radius 3 is 2.39 bits per heavy atom. The van der Waals surface area contributed by atoms with Crippen molar-refractivity contribution in [2.75, 3.05) is 51.3 Å². The Hall–Kier alpha value is -2.00. The van der Waals surface area contributed by atoms with Crippen LogP contribution in [0.15, 0.2) is 59.6 Å². The lowest BCUT2D eigenvalue weighted by molar-refractivity contribution is 0.125. The lowest BCUT2D eigenvalue weighted by Gasteiger charge is -2.37. The molecule has 2 aromatic rings. The summed E-state index contributed by atoms with van der Waals surface area (Å²) >= 11 is 0. The highest BCUT2D eigenvalue weighted by Crippen LogP contribution is 2.27. The first-order valence-corrected chi connectivity index (χ1v) is 9.38. The molecule has 28 heavy (non-hydrogen) atoms. The van der Waals surface area contributed by atoms with E-state index in [1.54, 1.807) is 6.07 Å². The fraction of sp³-hybridized carbons (Fsp3) is 0.381. The van der Waals surface area contributed by atoms with Gasteiger partial charge in [-0.15, -0.1) is 24.0 Å². The molecule has 6 nitrogen and oxygen atoms in total. The summed E-state index contributed by atoms with van der Waals surface area (Å²) in [6.45, 7) is 5.40. The second-order valence-corrected chi connectivity index (χ2v) is 6.47. The number of piperazine rings is 1. The van der Waals surface area contributed by atoms with E-state index in [1.807, 2.05) is 43.4 Å². The highest BCUT2D eigenvalue weighted by atomic mass is 127. The number of halogens is 1. The van der Waals surface area contributed by atoms with E-state index in [0.717, 1.165) is 44.4 Å². The number of hydrogen-bond acceptors (Lipinski definition) is 4. The first kappa shape index (κ1) is 22.3. The number of benzene rings is 2. The average molecular weight is 496 g/mol. The summed E-state index contributed by atoms with van der Waals surface area (Å²) in [5.74, 6) is 1.24. The highest BCUT2D eigenvalue weighted by molar-refractivity contribution is 14.0. The molecule has 0 unspecified atom stereocenters. The van der Waals surface area contributed by atoms with Crippen LogP contribution in [0.5, 0.6) is 5.75 Å². The fourth-order valence-corrected chi connectivity index (χ4v) is 3.22. The van der Waals surface area contributed by atoms with Crippen molar-refractivity contribution < 1.29 is 9.84 Å². The third-order valence-electron chi connectivity index (χ3n) is 4.65. The monoisotopic (exact) mass is 496 g/mol. The van der Waals surface area contributed by atoms with Gasteiger partial charge in [-0.1, -0.05) is 42.5 Å². The zero-order valence-electron chi connectivity index (χ0n) is 16.3. The Kier molecular flexibility index (Phi) is 9.36. The third kappa shape index (κ3) is 6.27. The van der Waals surface area contributed by atoms with Crippen molar-refractivity contribution in [2.45, 2.75) is 6.61 Å². The zero-order valence-corrected chi connectivity index (χ0v) is 18.6. The lowest BCUT2D eigenvalue weighted by atomic mass is 10.2. The van der Waals surface area contributed by atoms with Crippen LogP contribution in [-0.4, -0.2) is 62.3 Å². The van der Waals surface area contributed by atoms with Gasteiger partial charge in [-0.05, 0) is 17.7 Å². The maximum absolute atomic E-state index is 10.0. The van der Waals surface area contributed by atoms with Crippen molar-refractivity contribution in [3.8, 4) is 5.75 Å². The Bertz CT molecular complexity index is 734. The van der Waals surface area contributed by atoms with Gasteiger partial charge >= 0.3 is 0 Å². The van der Waals surface area contributed by atoms with Gasteiger partial charge < -0.3 is 25.0 Å². The molecule has 0 saturated carbocycles. The van der Waals surface area contributed by atoms with Crippen LogP contribution in [0.25, 0.3) is 0 Å². The molecule has 1 aliphatic rings. The molecule has 2 N–H and O–H groups in total. The predicted molar refractivity (Wildman–Crippen MR) is 125 cm³/mol. The van der Waals surface area contributed by atoms with Crippen molar-refractivity contribution in [3.63, 3.8) is 0 Å². The molecule has 0 aromatic heterocycles. The SMILES string of the molecule is CN=C(NCCOCc1ccccc1)N1CCN(c2ccccc2O)CC1.I. The summed E-state index contributed by atoms with van der Waals surface area (Å²) in [7, 11) is 1.81. The smallest absolute Gasteiger partial charge is 0.193 e. The molecule has 0 amide bonds. The Morgan fingerprint density at radius 2 is 1.71 bits per heavy atom. The summed E-state index contributed by atoms with van der Waals surface area (Å²) in [4.78, 5) is 8.84. The maximum Gasteiger partial charge on any atom is 0.193 e. The van der Waals surface area contributed by atoms with Crippen molar-refractivity contribution in [1.29, 1.82) is 0 Å². The van der Waals surface area contributed by atoms with Gasteiger partial charge in [0.25, 0.3) is 0 Å². The van der Waals surface area contributed by atoms with Crippen LogP contribution in [-0.2, 0) is 11.3 Å². The minimum atomic E-state index is 0. The van der Waals surface area contributed by atoms with E-state index in [-0.39, 0.29) is 24.0 Å². The van der Waals surface area contributed by atoms with E-state index in [4.69, 9.17) is 4.74 Å². The number of para-hydroxylation sites is 2. The summed E-state index contributed by atoms with van der Waals surface area (Å²) < 4.78 is 5.72. The maximum atomic E-state index is 10.0. The van der Waals surface area contributed by atoms with Crippen molar-refractivity contribution in [3.05, 3.63) is 60.2 Å². The lowest BCUT2D eigenvalue weighted by Crippen LogP contribution is -2.53. The second kappa shape index (κ2) is 11.8. The van der Waals surface area contributed by atoms with Crippen LogP contribution in [0.2, 0.25) is 0 Å². The van der Waals surface area contributed by atoms with E-state index in [0.29, 0.717) is 19.0 Å². The van der Waals surface area contributed by atoms with Crippen LogP contribution in [0.3, 0.4) is 0 Å². The van der Waals surface area contributed by atoms with E-state index < -0.39 is 0 Å². The molecule has 152 valence electrons. The molecule has 3 rings (SSSR count). The van der Waals surface area contributed by atoms with Gasteiger partial charge in [0.15, 0.2) is 5.96 Å². The minimum Gasteiger partial charge on any atom is -0.506 e. The van der Waals surface area contributed by atoms with Gasteiger partial charge in [0.1, 0.15) is 5.75 Å². The van der Waals surface area contributed by atoms with E-state index >= 15 is 0 Å². The van der Waals surface area contributed by atoms with Crippen LogP contribution in [0.4, 0.5) is 5.69 Å². The highest BCUT2D eigenvalue weighted by Gasteiger charge is 2.21. The minimum absolute atomic E-state index is 0.